The molecule has 0 aliphatic carbocycles. The highest BCUT2D eigenvalue weighted by atomic mass is 32.2. The quantitative estimate of drug-likeness (QED) is 0.827. The Bertz CT molecular complexity index is 929. The van der Waals surface area contributed by atoms with E-state index in [4.69, 9.17) is 9.15 Å². The molecule has 0 aliphatic rings. The molecule has 148 valence electrons. The maximum absolute atomic E-state index is 12.6. The van der Waals surface area contributed by atoms with E-state index in [9.17, 15) is 13.2 Å². The number of alkyl carbamates (subject to hydrolysis) is 1. The van der Waals surface area contributed by atoms with Gasteiger partial charge in [0.1, 0.15) is 11.6 Å². The van der Waals surface area contributed by atoms with Crippen LogP contribution in [0.3, 0.4) is 0 Å². The van der Waals surface area contributed by atoms with E-state index in [2.05, 4.69) is 15.5 Å². The van der Waals surface area contributed by atoms with Gasteiger partial charge in [-0.05, 0) is 52.7 Å². The Morgan fingerprint density at radius 2 is 1.93 bits per heavy atom. The van der Waals surface area contributed by atoms with Gasteiger partial charge < -0.3 is 14.5 Å². The summed E-state index contributed by atoms with van der Waals surface area (Å²) in [5.74, 6) is -0.254. The molecule has 27 heavy (non-hydrogen) atoms. The van der Waals surface area contributed by atoms with Gasteiger partial charge in [-0.2, -0.15) is 0 Å². The Morgan fingerprint density at radius 1 is 1.26 bits per heavy atom. The smallest absolute Gasteiger partial charge is 0.408 e. The van der Waals surface area contributed by atoms with Crippen LogP contribution < -0.4 is 5.32 Å². The van der Waals surface area contributed by atoms with Crippen LogP contribution in [0, 0.1) is 13.8 Å². The van der Waals surface area contributed by atoms with E-state index in [0.29, 0.717) is 5.56 Å². The highest BCUT2D eigenvalue weighted by molar-refractivity contribution is 7.90. The number of ether oxygens (including phenoxy) is 1. The molecule has 0 fully saturated rings. The van der Waals surface area contributed by atoms with Gasteiger partial charge in [0.15, 0.2) is 0 Å². The summed E-state index contributed by atoms with van der Waals surface area (Å²) in [6, 6.07) is 4.90. The van der Waals surface area contributed by atoms with Crippen LogP contribution in [-0.2, 0) is 20.3 Å². The third-order valence-corrected chi connectivity index (χ3v) is 5.03. The van der Waals surface area contributed by atoms with Crippen LogP contribution in [0.4, 0.5) is 4.79 Å². The van der Waals surface area contributed by atoms with Crippen LogP contribution in [0.25, 0.3) is 0 Å². The van der Waals surface area contributed by atoms with Gasteiger partial charge in [0, 0.05) is 0 Å². The summed E-state index contributed by atoms with van der Waals surface area (Å²) in [7, 11) is -3.81. The molecule has 1 amide bonds. The van der Waals surface area contributed by atoms with Crippen molar-refractivity contribution >= 4 is 15.9 Å². The third kappa shape index (κ3) is 5.78. The molecule has 1 N–H and O–H groups in total. The van der Waals surface area contributed by atoms with Crippen LogP contribution in [0.1, 0.15) is 56.3 Å². The van der Waals surface area contributed by atoms with Crippen molar-refractivity contribution in [1.29, 1.82) is 0 Å². The summed E-state index contributed by atoms with van der Waals surface area (Å²) in [6.07, 6.45) is -0.659. The SMILES string of the molecule is Cc1ccc(C)c(CS(=O)(=O)c2nnc([C@H](C)NC(=O)OC(C)(C)C)o2)c1. The first kappa shape index (κ1) is 20.9. The fraction of sp³-hybridized carbons (Fsp3) is 0.500. The molecular formula is C18H25N3O5S. The fourth-order valence-corrected chi connectivity index (χ4v) is 3.51. The summed E-state index contributed by atoms with van der Waals surface area (Å²) in [5, 5.41) is 9.45. The van der Waals surface area contributed by atoms with Crippen molar-refractivity contribution < 1.29 is 22.4 Å². The molecule has 9 heteroatoms. The summed E-state index contributed by atoms with van der Waals surface area (Å²) in [4.78, 5) is 11.8. The minimum atomic E-state index is -3.81. The van der Waals surface area contributed by atoms with Gasteiger partial charge in [0.25, 0.3) is 0 Å². The normalized spacial score (nSPS) is 13.3. The average Bonchev–Trinajstić information content (AvgIpc) is 2.99. The Kier molecular flexibility index (Phi) is 5.94. The van der Waals surface area contributed by atoms with Crippen molar-refractivity contribution in [2.24, 2.45) is 0 Å². The molecule has 0 radical (unpaired) electrons. The second kappa shape index (κ2) is 7.67. The highest BCUT2D eigenvalue weighted by Gasteiger charge is 2.27. The van der Waals surface area contributed by atoms with Crippen molar-refractivity contribution in [1.82, 2.24) is 15.5 Å². The summed E-state index contributed by atoms with van der Waals surface area (Å²) in [5.41, 5.74) is 1.85. The topological polar surface area (TPSA) is 111 Å². The van der Waals surface area contributed by atoms with Gasteiger partial charge in [0.2, 0.25) is 15.7 Å². The lowest BCUT2D eigenvalue weighted by Crippen LogP contribution is -2.34. The maximum atomic E-state index is 12.6. The van der Waals surface area contributed by atoms with Crippen LogP contribution in [0.5, 0.6) is 0 Å². The summed E-state index contributed by atoms with van der Waals surface area (Å²) in [6.45, 7) is 10.5. The number of benzene rings is 1. The number of hydrogen-bond acceptors (Lipinski definition) is 7. The number of carbonyl (C=O) groups excluding carboxylic acids is 1. The first-order chi connectivity index (χ1) is 12.4. The summed E-state index contributed by atoms with van der Waals surface area (Å²) < 4.78 is 35.7. The van der Waals surface area contributed by atoms with Crippen LogP contribution in [0.2, 0.25) is 0 Å². The Hall–Kier alpha value is -2.42. The number of rotatable bonds is 5. The second-order valence-corrected chi connectivity index (χ2v) is 9.33. The minimum absolute atomic E-state index is 0.0135. The largest absolute Gasteiger partial charge is 0.444 e. The van der Waals surface area contributed by atoms with Gasteiger partial charge >= 0.3 is 11.3 Å². The first-order valence-corrected chi connectivity index (χ1v) is 10.1. The molecule has 2 rings (SSSR count). The van der Waals surface area contributed by atoms with Gasteiger partial charge in [-0.3, -0.25) is 0 Å². The molecule has 1 atom stereocenters. The molecule has 0 aliphatic heterocycles. The zero-order chi connectivity index (χ0) is 20.4. The average molecular weight is 395 g/mol. The third-order valence-electron chi connectivity index (χ3n) is 3.64. The number of aryl methyl sites for hydroxylation is 2. The van der Waals surface area contributed by atoms with E-state index < -0.39 is 32.8 Å². The number of nitrogens with one attached hydrogen (secondary N) is 1. The van der Waals surface area contributed by atoms with Crippen LogP contribution >= 0.6 is 0 Å². The number of carbonyl (C=O) groups is 1. The van der Waals surface area contributed by atoms with Crippen molar-refractivity contribution in [2.45, 2.75) is 64.2 Å². The number of amides is 1. The van der Waals surface area contributed by atoms with E-state index in [-0.39, 0.29) is 11.6 Å². The lowest BCUT2D eigenvalue weighted by Gasteiger charge is -2.20. The predicted molar refractivity (Wildman–Crippen MR) is 98.9 cm³/mol. The van der Waals surface area contributed by atoms with E-state index in [1.54, 1.807) is 27.7 Å². The van der Waals surface area contributed by atoms with Crippen molar-refractivity contribution in [3.63, 3.8) is 0 Å². The molecule has 0 spiro atoms. The van der Waals surface area contributed by atoms with Crippen LogP contribution in [-0.4, -0.2) is 30.3 Å². The predicted octanol–water partition coefficient (Wildman–Crippen LogP) is 3.25. The molecule has 8 nitrogen and oxygen atoms in total. The van der Waals surface area contributed by atoms with Gasteiger partial charge in [-0.1, -0.05) is 28.9 Å². The van der Waals surface area contributed by atoms with Crippen LogP contribution in [0.15, 0.2) is 27.8 Å². The molecule has 1 aromatic carbocycles. The molecular weight excluding hydrogens is 370 g/mol. The highest BCUT2D eigenvalue weighted by Crippen LogP contribution is 2.21. The van der Waals surface area contributed by atoms with Crippen molar-refractivity contribution in [2.75, 3.05) is 0 Å². The first-order valence-electron chi connectivity index (χ1n) is 8.49. The molecule has 0 saturated heterocycles. The maximum Gasteiger partial charge on any atom is 0.408 e. The van der Waals surface area contributed by atoms with Gasteiger partial charge in [0.05, 0.1) is 5.75 Å². The number of sulfone groups is 1. The van der Waals surface area contributed by atoms with Gasteiger partial charge in [-0.15, -0.1) is 5.10 Å². The van der Waals surface area contributed by atoms with Crippen molar-refractivity contribution in [3.05, 3.63) is 40.8 Å². The van der Waals surface area contributed by atoms with Gasteiger partial charge in [-0.25, -0.2) is 13.2 Å². The number of hydrogen-bond donors (Lipinski definition) is 1. The Morgan fingerprint density at radius 3 is 2.56 bits per heavy atom. The molecule has 0 unspecified atom stereocenters. The monoisotopic (exact) mass is 395 g/mol. The second-order valence-electron chi connectivity index (χ2n) is 7.46. The molecule has 2 aromatic rings. The van der Waals surface area contributed by atoms with Crippen molar-refractivity contribution in [3.8, 4) is 0 Å². The number of aromatic nitrogens is 2. The molecule has 0 bridgehead atoms. The fourth-order valence-electron chi connectivity index (χ4n) is 2.29. The van der Waals surface area contributed by atoms with E-state index in [1.807, 2.05) is 32.0 Å². The standard InChI is InChI=1S/C18H25N3O5S/c1-11-7-8-12(2)14(9-11)10-27(23,24)17-21-20-15(25-17)13(3)19-16(22)26-18(4,5)6/h7-9,13H,10H2,1-6H3,(H,19,22)/t13-/m0/s1. The Labute approximate surface area is 159 Å². The number of nitrogens with zero attached hydrogens (tertiary/aromatic N) is 2. The lowest BCUT2D eigenvalue weighted by molar-refractivity contribution is 0.0500. The molecule has 0 saturated carbocycles. The zero-order valence-corrected chi connectivity index (χ0v) is 17.2. The molecule has 1 heterocycles. The molecule has 1 aromatic heterocycles. The van der Waals surface area contributed by atoms with E-state index in [1.165, 1.54) is 0 Å². The minimum Gasteiger partial charge on any atom is -0.444 e. The summed E-state index contributed by atoms with van der Waals surface area (Å²) >= 11 is 0. The lowest BCUT2D eigenvalue weighted by atomic mass is 10.1. The van der Waals surface area contributed by atoms with E-state index >= 15 is 0 Å². The zero-order valence-electron chi connectivity index (χ0n) is 16.4. The van der Waals surface area contributed by atoms with E-state index in [0.717, 1.165) is 11.1 Å². The Balaban J connectivity index is 2.13.